The Morgan fingerprint density at radius 2 is 1.54 bits per heavy atom. The van der Waals surface area contributed by atoms with Crippen molar-refractivity contribution >= 4 is 33.6 Å². The summed E-state index contributed by atoms with van der Waals surface area (Å²) in [7, 11) is 0. The molecule has 7 heteroatoms. The summed E-state index contributed by atoms with van der Waals surface area (Å²) in [4.78, 5) is 5.89. The molecule has 7 aromatic rings. The monoisotopic (exact) mass is 857 g/mol. The molecule has 7 rings (SSSR count). The molecule has 0 saturated carbocycles. The molecular weight excluding hydrogens is 816 g/mol. The van der Waals surface area contributed by atoms with Gasteiger partial charge in [-0.2, -0.15) is 17.2 Å². The molecule has 3 aromatic heterocycles. The number of hydrogen-bond donors (Lipinski definition) is 0. The third kappa shape index (κ3) is 7.06. The largest absolute Gasteiger partial charge is 2.00 e. The zero-order valence-electron chi connectivity index (χ0n) is 29.3. The summed E-state index contributed by atoms with van der Waals surface area (Å²) in [5.74, 6) is 2.08. The van der Waals surface area contributed by atoms with Crippen molar-refractivity contribution in [2.24, 2.45) is 0 Å². The van der Waals surface area contributed by atoms with Crippen LogP contribution in [0.15, 0.2) is 96.3 Å². The molecule has 3 heterocycles. The molecule has 4 aromatic carbocycles. The zero-order valence-corrected chi connectivity index (χ0v) is 32.4. The number of nitrogens with zero attached hydrogens (tertiary/aromatic N) is 4. The van der Waals surface area contributed by atoms with E-state index in [1.807, 2.05) is 47.4 Å². The van der Waals surface area contributed by atoms with Crippen molar-refractivity contribution in [1.82, 2.24) is 19.3 Å². The van der Waals surface area contributed by atoms with Crippen LogP contribution in [0.2, 0.25) is 0 Å². The molecule has 0 radical (unpaired) electrons. The Hall–Kier alpha value is -4.12. The summed E-state index contributed by atoms with van der Waals surface area (Å²) in [5.41, 5.74) is 11.0. The standard InChI is InChI=1S/C43H42N4OS.Pt/c1-6-8-15-36-29(3)23-30(4)37(16-9-7-2)43(36)31-27-45-46(28-31)32-13-12-14-33(24-32)48-34-19-20-39-38-17-10-11-18-40(38)47(41(39)25-34)42-26-35(49-5)21-22-44-42;/h10-14,17-23,26-28H,6-9,15-16H2,1-5H3;/q-2;+2. The van der Waals surface area contributed by atoms with Gasteiger partial charge in [-0.25, -0.2) is 4.98 Å². The van der Waals surface area contributed by atoms with E-state index in [0.717, 1.165) is 56.6 Å². The SMILES string of the molecule is CCCCc1c(C)cc(C)c(CCCC)c1-c1cnn(-c2[c-]c(Oc3[c-]c4c(cc3)c3ccccc3n4-c3cc(SC)ccn3)ccc2)c1.[Pt+2]. The average molecular weight is 858 g/mol. The van der Waals surface area contributed by atoms with Gasteiger partial charge in [-0.15, -0.1) is 47.5 Å². The number of hydrogen-bond acceptors (Lipinski definition) is 4. The van der Waals surface area contributed by atoms with E-state index in [9.17, 15) is 0 Å². The summed E-state index contributed by atoms with van der Waals surface area (Å²) in [6.45, 7) is 9.05. The normalized spacial score (nSPS) is 11.3. The number of unbranched alkanes of at least 4 members (excludes halogenated alkanes) is 2. The van der Waals surface area contributed by atoms with E-state index in [-0.39, 0.29) is 21.1 Å². The molecule has 0 amide bonds. The van der Waals surface area contributed by atoms with E-state index in [2.05, 4.69) is 99.3 Å². The maximum absolute atomic E-state index is 6.44. The van der Waals surface area contributed by atoms with Crippen molar-refractivity contribution < 1.29 is 25.8 Å². The number of aryl methyl sites for hydroxylation is 2. The van der Waals surface area contributed by atoms with Gasteiger partial charge in [-0.05, 0) is 103 Å². The van der Waals surface area contributed by atoms with Gasteiger partial charge in [-0.1, -0.05) is 56.5 Å². The van der Waals surface area contributed by atoms with Crippen LogP contribution < -0.4 is 4.74 Å². The predicted molar refractivity (Wildman–Crippen MR) is 204 cm³/mol. The summed E-state index contributed by atoms with van der Waals surface area (Å²) < 4.78 is 10.5. The molecule has 0 fully saturated rings. The molecule has 0 saturated heterocycles. The van der Waals surface area contributed by atoms with Crippen LogP contribution in [0, 0.1) is 26.0 Å². The Bertz CT molecular complexity index is 2240. The summed E-state index contributed by atoms with van der Waals surface area (Å²) >= 11 is 1.70. The molecule has 5 nitrogen and oxygen atoms in total. The smallest absolute Gasteiger partial charge is 0.509 e. The number of aromatic nitrogens is 4. The third-order valence-electron chi connectivity index (χ3n) is 9.38. The Balaban J connectivity index is 0.00000432. The predicted octanol–water partition coefficient (Wildman–Crippen LogP) is 11.4. The Kier molecular flexibility index (Phi) is 11.3. The minimum absolute atomic E-state index is 0. The average Bonchev–Trinajstić information content (AvgIpc) is 3.74. The number of rotatable bonds is 12. The molecule has 50 heavy (non-hydrogen) atoms. The first kappa shape index (κ1) is 35.7. The van der Waals surface area contributed by atoms with E-state index in [1.54, 1.807) is 11.8 Å². The fourth-order valence-electron chi connectivity index (χ4n) is 6.93. The van der Waals surface area contributed by atoms with Crippen molar-refractivity contribution in [1.29, 1.82) is 0 Å². The van der Waals surface area contributed by atoms with E-state index < -0.39 is 0 Å². The van der Waals surface area contributed by atoms with Gasteiger partial charge in [0, 0.05) is 39.9 Å². The molecule has 0 spiro atoms. The second-order valence-electron chi connectivity index (χ2n) is 12.7. The van der Waals surface area contributed by atoms with E-state index in [1.165, 1.54) is 53.5 Å². The van der Waals surface area contributed by atoms with Gasteiger partial charge >= 0.3 is 21.1 Å². The van der Waals surface area contributed by atoms with Gasteiger partial charge in [0.15, 0.2) is 0 Å². The molecular formula is C43H42N4OPtS. The van der Waals surface area contributed by atoms with E-state index in [0.29, 0.717) is 11.5 Å². The second kappa shape index (κ2) is 15.8. The van der Waals surface area contributed by atoms with Crippen LogP contribution in [0.25, 0.3) is 44.4 Å². The van der Waals surface area contributed by atoms with Crippen molar-refractivity contribution in [2.45, 2.75) is 71.1 Å². The number of thioether (sulfide) groups is 1. The van der Waals surface area contributed by atoms with E-state index >= 15 is 0 Å². The van der Waals surface area contributed by atoms with Crippen LogP contribution in [0.5, 0.6) is 11.5 Å². The first-order valence-corrected chi connectivity index (χ1v) is 18.5. The third-order valence-corrected chi connectivity index (χ3v) is 10.1. The Labute approximate surface area is 314 Å². The van der Waals surface area contributed by atoms with E-state index in [4.69, 9.17) is 14.8 Å². The Morgan fingerprint density at radius 3 is 2.28 bits per heavy atom. The van der Waals surface area contributed by atoms with Crippen LogP contribution in [-0.2, 0) is 33.9 Å². The number of para-hydroxylation sites is 1. The number of benzene rings is 4. The van der Waals surface area contributed by atoms with Gasteiger partial charge in [0.25, 0.3) is 0 Å². The molecule has 0 aliphatic carbocycles. The molecule has 0 bridgehead atoms. The van der Waals surface area contributed by atoms with Crippen molar-refractivity contribution in [3.63, 3.8) is 0 Å². The maximum Gasteiger partial charge on any atom is 2.00 e. The fourth-order valence-corrected chi connectivity index (χ4v) is 7.35. The molecule has 0 aliphatic rings. The topological polar surface area (TPSA) is 44.9 Å². The summed E-state index contributed by atoms with van der Waals surface area (Å²) in [5, 5.41) is 7.10. The minimum Gasteiger partial charge on any atom is -0.509 e. The van der Waals surface area contributed by atoms with Gasteiger partial charge in [0.1, 0.15) is 5.82 Å². The Morgan fingerprint density at radius 1 is 0.800 bits per heavy atom. The minimum atomic E-state index is 0. The molecule has 0 aliphatic heterocycles. The molecule has 0 N–H and O–H groups in total. The fraction of sp³-hybridized carbons (Fsp3) is 0.256. The first-order chi connectivity index (χ1) is 24.0. The van der Waals surface area contributed by atoms with Gasteiger partial charge in [0.05, 0.1) is 6.20 Å². The van der Waals surface area contributed by atoms with Crippen LogP contribution >= 0.6 is 11.8 Å². The first-order valence-electron chi connectivity index (χ1n) is 17.3. The van der Waals surface area contributed by atoms with Crippen LogP contribution in [-0.4, -0.2) is 25.6 Å². The van der Waals surface area contributed by atoms with Gasteiger partial charge < -0.3 is 9.30 Å². The quantitative estimate of drug-likeness (QED) is 0.0907. The number of pyridine rings is 1. The molecule has 256 valence electrons. The summed E-state index contributed by atoms with van der Waals surface area (Å²) in [6.07, 6.45) is 15.0. The molecule has 0 atom stereocenters. The van der Waals surface area contributed by atoms with Gasteiger partial charge in [-0.3, -0.25) is 4.68 Å². The maximum atomic E-state index is 6.44. The van der Waals surface area contributed by atoms with Crippen LogP contribution in [0.4, 0.5) is 0 Å². The van der Waals surface area contributed by atoms with Crippen molar-refractivity contribution in [3.05, 3.63) is 126 Å². The van der Waals surface area contributed by atoms with Crippen molar-refractivity contribution in [2.75, 3.05) is 6.26 Å². The summed E-state index contributed by atoms with van der Waals surface area (Å²) in [6, 6.07) is 32.0. The van der Waals surface area contributed by atoms with Crippen molar-refractivity contribution in [3.8, 4) is 34.1 Å². The van der Waals surface area contributed by atoms with Crippen LogP contribution in [0.1, 0.15) is 61.8 Å². The van der Waals surface area contributed by atoms with Crippen LogP contribution in [0.3, 0.4) is 0 Å². The molecule has 0 unspecified atom stereocenters. The number of ether oxygens (including phenoxy) is 1. The van der Waals surface area contributed by atoms with Gasteiger partial charge in [0.2, 0.25) is 0 Å². The zero-order chi connectivity index (χ0) is 33.9. The number of fused-ring (bicyclic) bond motifs is 3. The second-order valence-corrected chi connectivity index (χ2v) is 13.6.